The minimum absolute atomic E-state index is 0.656. The van der Waals surface area contributed by atoms with Crippen LogP contribution in [0.1, 0.15) is 63.0 Å². The lowest BCUT2D eigenvalue weighted by Gasteiger charge is -2.21. The van der Waals surface area contributed by atoms with Crippen LogP contribution in [-0.2, 0) is 6.42 Å². The monoisotopic (exact) mass is 216 g/mol. The minimum atomic E-state index is 0.656. The van der Waals surface area contributed by atoms with E-state index in [0.717, 1.165) is 5.92 Å². The Morgan fingerprint density at radius 1 is 1.00 bits per heavy atom. The van der Waals surface area contributed by atoms with Gasteiger partial charge < -0.3 is 0 Å². The van der Waals surface area contributed by atoms with Crippen LogP contribution in [0.5, 0.6) is 0 Å². The van der Waals surface area contributed by atoms with Crippen molar-refractivity contribution < 1.29 is 0 Å². The standard InChI is InChI=1S/C16H24/c1-13(2)16-10-8-15(9-11-16)12-14-6-4-3-5-7-14/h8-11,13-14H,3-7,12H2,1-2H3. The van der Waals surface area contributed by atoms with E-state index in [9.17, 15) is 0 Å². The van der Waals surface area contributed by atoms with Gasteiger partial charge in [0.1, 0.15) is 0 Å². The predicted molar refractivity (Wildman–Crippen MR) is 70.8 cm³/mol. The third-order valence-electron chi connectivity index (χ3n) is 3.90. The van der Waals surface area contributed by atoms with Gasteiger partial charge in [-0.05, 0) is 29.4 Å². The average Bonchev–Trinajstić information content (AvgIpc) is 2.31. The molecule has 0 nitrogen and oxygen atoms in total. The predicted octanol–water partition coefficient (Wildman–Crippen LogP) is 4.93. The van der Waals surface area contributed by atoms with Crippen molar-refractivity contribution in [2.24, 2.45) is 5.92 Å². The van der Waals surface area contributed by atoms with Crippen molar-refractivity contribution in [3.05, 3.63) is 35.4 Å². The van der Waals surface area contributed by atoms with E-state index in [-0.39, 0.29) is 0 Å². The molecule has 1 aromatic rings. The Morgan fingerprint density at radius 2 is 1.62 bits per heavy atom. The van der Waals surface area contributed by atoms with E-state index in [1.54, 1.807) is 0 Å². The first-order chi connectivity index (χ1) is 7.75. The van der Waals surface area contributed by atoms with Crippen molar-refractivity contribution in [1.29, 1.82) is 0 Å². The Bertz CT molecular complexity index is 301. The maximum atomic E-state index is 2.34. The van der Waals surface area contributed by atoms with E-state index in [0.29, 0.717) is 5.92 Å². The average molecular weight is 216 g/mol. The van der Waals surface area contributed by atoms with Gasteiger partial charge in [-0.25, -0.2) is 0 Å². The molecule has 0 atom stereocenters. The summed E-state index contributed by atoms with van der Waals surface area (Å²) in [6, 6.07) is 9.29. The van der Waals surface area contributed by atoms with Crippen LogP contribution in [0.15, 0.2) is 24.3 Å². The SMILES string of the molecule is CC(C)c1ccc(CC2CCCCC2)cc1. The smallest absolute Gasteiger partial charge is 0.0219 e. The first-order valence-corrected chi connectivity index (χ1v) is 6.84. The van der Waals surface area contributed by atoms with Gasteiger partial charge >= 0.3 is 0 Å². The highest BCUT2D eigenvalue weighted by Gasteiger charge is 2.13. The Hall–Kier alpha value is -0.780. The topological polar surface area (TPSA) is 0 Å². The van der Waals surface area contributed by atoms with E-state index in [2.05, 4.69) is 38.1 Å². The molecule has 1 aliphatic rings. The third kappa shape index (κ3) is 3.10. The van der Waals surface area contributed by atoms with Crippen molar-refractivity contribution in [3.8, 4) is 0 Å². The van der Waals surface area contributed by atoms with Crippen LogP contribution < -0.4 is 0 Å². The van der Waals surface area contributed by atoms with Gasteiger partial charge in [0.25, 0.3) is 0 Å². The molecular formula is C16H24. The summed E-state index contributed by atoms with van der Waals surface area (Å²) in [6.45, 7) is 4.52. The summed E-state index contributed by atoms with van der Waals surface area (Å²) in [5, 5.41) is 0. The van der Waals surface area contributed by atoms with E-state index in [4.69, 9.17) is 0 Å². The normalized spacial score (nSPS) is 17.9. The fourth-order valence-corrected chi connectivity index (χ4v) is 2.76. The van der Waals surface area contributed by atoms with Crippen LogP contribution in [0, 0.1) is 5.92 Å². The van der Waals surface area contributed by atoms with E-state index in [1.807, 2.05) is 0 Å². The van der Waals surface area contributed by atoms with Crippen LogP contribution in [0.3, 0.4) is 0 Å². The van der Waals surface area contributed by atoms with Crippen molar-refractivity contribution in [1.82, 2.24) is 0 Å². The molecule has 0 unspecified atom stereocenters. The first-order valence-electron chi connectivity index (χ1n) is 6.84. The lowest BCUT2D eigenvalue weighted by molar-refractivity contribution is 0.356. The van der Waals surface area contributed by atoms with Crippen LogP contribution in [0.2, 0.25) is 0 Å². The summed E-state index contributed by atoms with van der Waals surface area (Å²) in [4.78, 5) is 0. The van der Waals surface area contributed by atoms with Crippen LogP contribution in [0.25, 0.3) is 0 Å². The van der Waals surface area contributed by atoms with E-state index in [1.165, 1.54) is 49.7 Å². The Labute approximate surface area is 100 Å². The molecule has 0 spiro atoms. The summed E-state index contributed by atoms with van der Waals surface area (Å²) in [6.07, 6.45) is 8.57. The highest BCUT2D eigenvalue weighted by Crippen LogP contribution is 2.27. The summed E-state index contributed by atoms with van der Waals surface area (Å²) < 4.78 is 0. The molecule has 1 fully saturated rings. The molecule has 1 aromatic carbocycles. The molecule has 1 aliphatic carbocycles. The Morgan fingerprint density at radius 3 is 2.19 bits per heavy atom. The van der Waals surface area contributed by atoms with E-state index < -0.39 is 0 Å². The highest BCUT2D eigenvalue weighted by atomic mass is 14.2. The van der Waals surface area contributed by atoms with Gasteiger partial charge in [-0.3, -0.25) is 0 Å². The molecule has 0 N–H and O–H groups in total. The maximum absolute atomic E-state index is 2.34. The fraction of sp³-hybridized carbons (Fsp3) is 0.625. The second-order valence-corrected chi connectivity index (χ2v) is 5.60. The second-order valence-electron chi connectivity index (χ2n) is 5.60. The quantitative estimate of drug-likeness (QED) is 0.672. The van der Waals surface area contributed by atoms with Crippen LogP contribution >= 0.6 is 0 Å². The molecule has 0 aromatic heterocycles. The van der Waals surface area contributed by atoms with Crippen LogP contribution in [0.4, 0.5) is 0 Å². The molecule has 0 amide bonds. The minimum Gasteiger partial charge on any atom is -0.0588 e. The fourth-order valence-electron chi connectivity index (χ4n) is 2.76. The van der Waals surface area contributed by atoms with E-state index >= 15 is 0 Å². The summed E-state index contributed by atoms with van der Waals surface area (Å²) in [7, 11) is 0. The number of benzene rings is 1. The van der Waals surface area contributed by atoms with Crippen molar-refractivity contribution in [2.75, 3.05) is 0 Å². The second kappa shape index (κ2) is 5.52. The maximum Gasteiger partial charge on any atom is -0.0219 e. The molecule has 2 rings (SSSR count). The molecule has 0 heteroatoms. The van der Waals surface area contributed by atoms with Crippen molar-refractivity contribution >= 4 is 0 Å². The summed E-state index contributed by atoms with van der Waals surface area (Å²) in [5.74, 6) is 1.61. The van der Waals surface area contributed by atoms with Gasteiger partial charge in [-0.1, -0.05) is 70.2 Å². The third-order valence-corrected chi connectivity index (χ3v) is 3.90. The Kier molecular flexibility index (Phi) is 4.04. The lowest BCUT2D eigenvalue weighted by atomic mass is 9.84. The zero-order valence-corrected chi connectivity index (χ0v) is 10.7. The van der Waals surface area contributed by atoms with Crippen molar-refractivity contribution in [3.63, 3.8) is 0 Å². The zero-order valence-electron chi connectivity index (χ0n) is 10.7. The molecule has 0 saturated heterocycles. The first kappa shape index (κ1) is 11.7. The number of hydrogen-bond acceptors (Lipinski definition) is 0. The van der Waals surface area contributed by atoms with Crippen LogP contribution in [-0.4, -0.2) is 0 Å². The van der Waals surface area contributed by atoms with Crippen molar-refractivity contribution in [2.45, 2.75) is 58.3 Å². The molecule has 88 valence electrons. The molecule has 16 heavy (non-hydrogen) atoms. The molecule has 0 radical (unpaired) electrons. The van der Waals surface area contributed by atoms with Gasteiger partial charge in [0.2, 0.25) is 0 Å². The Balaban J connectivity index is 1.93. The van der Waals surface area contributed by atoms with Gasteiger partial charge in [0, 0.05) is 0 Å². The molecule has 0 aliphatic heterocycles. The highest BCUT2D eigenvalue weighted by molar-refractivity contribution is 5.25. The van der Waals surface area contributed by atoms with Gasteiger partial charge in [0.15, 0.2) is 0 Å². The molecule has 1 saturated carbocycles. The number of rotatable bonds is 3. The van der Waals surface area contributed by atoms with Gasteiger partial charge in [-0.15, -0.1) is 0 Å². The molecular weight excluding hydrogens is 192 g/mol. The largest absolute Gasteiger partial charge is 0.0588 e. The molecule has 0 bridgehead atoms. The lowest BCUT2D eigenvalue weighted by Crippen LogP contribution is -2.09. The molecule has 0 heterocycles. The zero-order chi connectivity index (χ0) is 11.4. The summed E-state index contributed by atoms with van der Waals surface area (Å²) >= 11 is 0. The van der Waals surface area contributed by atoms with Gasteiger partial charge in [0.05, 0.1) is 0 Å². The number of hydrogen-bond donors (Lipinski definition) is 0. The van der Waals surface area contributed by atoms with Gasteiger partial charge in [-0.2, -0.15) is 0 Å². The summed E-state index contributed by atoms with van der Waals surface area (Å²) in [5.41, 5.74) is 3.00.